The number of nitrogens with zero attached hydrogens (tertiary/aromatic N) is 4. The van der Waals surface area contributed by atoms with Gasteiger partial charge in [0.1, 0.15) is 0 Å². The molecule has 0 amide bonds. The molecule has 0 unspecified atom stereocenters. The number of hydrogen-bond acceptors (Lipinski definition) is 4. The second kappa shape index (κ2) is 19.0. The van der Waals surface area contributed by atoms with E-state index in [2.05, 4.69) is 268 Å². The van der Waals surface area contributed by atoms with Gasteiger partial charge in [-0.25, -0.2) is 0 Å². The second-order valence-corrected chi connectivity index (χ2v) is 20.9. The highest BCUT2D eigenvalue weighted by Crippen LogP contribution is 2.63. The summed E-state index contributed by atoms with van der Waals surface area (Å²) in [7, 11) is 0. The Bertz CT molecular complexity index is 3760. The topological polar surface area (TPSA) is 54.1 Å². The van der Waals surface area contributed by atoms with Crippen LogP contribution in [-0.4, -0.2) is 0 Å². The fraction of sp³-hybridized carbons (Fsp3) is 0.0811. The number of fused-ring (bicyclic) bond motifs is 4. The standard InChI is InChI=1S/C74H54N4/c1-49-33-37-67-63(41-49)73(55-23-9-5-10-24-55,56-25-11-6-12-26-56)64-42-50(2)34-38-68(64)77(67)71-45-62(60-32-20-18-22-54(60)48-76)72(46-61(71)59-31-19-17-21-53(59)47-75)78-69-39-35-51(3)43-65(69)74(57-27-13-7-14-28-57,58-29-15-8-16-30-58)66-44-52(4)36-40-70(66)78/h5-46H,1-4H3. The van der Waals surface area contributed by atoms with E-state index >= 15 is 0 Å². The Morgan fingerprint density at radius 2 is 0.526 bits per heavy atom. The number of hydrogen-bond donors (Lipinski definition) is 0. The summed E-state index contributed by atoms with van der Waals surface area (Å²) in [6.07, 6.45) is 0. The van der Waals surface area contributed by atoms with Gasteiger partial charge in [-0.15, -0.1) is 0 Å². The average Bonchev–Trinajstić information content (AvgIpc) is 3.56. The number of rotatable bonds is 8. The van der Waals surface area contributed by atoms with E-state index < -0.39 is 10.8 Å². The largest absolute Gasteiger partial charge is 0.309 e. The van der Waals surface area contributed by atoms with Gasteiger partial charge in [-0.3, -0.25) is 0 Å². The van der Waals surface area contributed by atoms with Crippen molar-refractivity contribution in [2.24, 2.45) is 0 Å². The molecule has 2 aliphatic rings. The van der Waals surface area contributed by atoms with Crippen molar-refractivity contribution in [1.29, 1.82) is 10.5 Å². The maximum atomic E-state index is 11.2. The van der Waals surface area contributed by atoms with Crippen LogP contribution in [0.25, 0.3) is 22.3 Å². The minimum atomic E-state index is -0.718. The van der Waals surface area contributed by atoms with E-state index in [1.54, 1.807) is 0 Å². The molecular formula is C74H54N4. The molecule has 2 heterocycles. The quantitative estimate of drug-likeness (QED) is 0.152. The van der Waals surface area contributed by atoms with Crippen molar-refractivity contribution in [1.82, 2.24) is 0 Å². The first-order chi connectivity index (χ1) is 38.2. The zero-order valence-electron chi connectivity index (χ0n) is 44.0. The molecule has 0 bridgehead atoms. The molecule has 0 aliphatic carbocycles. The molecular weight excluding hydrogens is 945 g/mol. The lowest BCUT2D eigenvalue weighted by Crippen LogP contribution is -2.38. The van der Waals surface area contributed by atoms with Crippen LogP contribution < -0.4 is 9.80 Å². The van der Waals surface area contributed by atoms with Gasteiger partial charge in [0.05, 0.1) is 68.2 Å². The Balaban J connectivity index is 1.19. The molecule has 78 heavy (non-hydrogen) atoms. The van der Waals surface area contributed by atoms with Crippen molar-refractivity contribution in [2.45, 2.75) is 38.5 Å². The molecule has 0 radical (unpaired) electrons. The maximum absolute atomic E-state index is 11.2. The van der Waals surface area contributed by atoms with E-state index in [1.165, 1.54) is 22.3 Å². The Morgan fingerprint density at radius 1 is 0.269 bits per heavy atom. The van der Waals surface area contributed by atoms with Crippen LogP contribution in [0, 0.1) is 50.4 Å². The smallest absolute Gasteiger partial charge is 0.0998 e. The summed E-state index contributed by atoms with van der Waals surface area (Å²) >= 11 is 0. The molecule has 0 aromatic heterocycles. The van der Waals surface area contributed by atoms with Crippen LogP contribution in [0.1, 0.15) is 77.9 Å². The van der Waals surface area contributed by atoms with Crippen LogP contribution in [0.4, 0.5) is 34.1 Å². The van der Waals surface area contributed by atoms with Gasteiger partial charge in [0.25, 0.3) is 0 Å². The van der Waals surface area contributed by atoms with Gasteiger partial charge >= 0.3 is 0 Å². The third-order valence-electron chi connectivity index (χ3n) is 16.3. The highest BCUT2D eigenvalue weighted by molar-refractivity contribution is 6.04. The van der Waals surface area contributed by atoms with E-state index in [0.717, 1.165) is 101 Å². The molecule has 4 heteroatoms. The van der Waals surface area contributed by atoms with E-state index in [-0.39, 0.29) is 0 Å². The minimum absolute atomic E-state index is 0.556. The Hall–Kier alpha value is -10.0. The monoisotopic (exact) mass is 998 g/mol. The molecule has 11 aromatic rings. The molecule has 2 aliphatic heterocycles. The third-order valence-corrected chi connectivity index (χ3v) is 16.3. The molecule has 0 saturated carbocycles. The van der Waals surface area contributed by atoms with Gasteiger partial charge in [-0.1, -0.05) is 229 Å². The number of aryl methyl sites for hydroxylation is 4. The Labute approximate surface area is 457 Å². The first-order valence-corrected chi connectivity index (χ1v) is 26.7. The Morgan fingerprint density at radius 3 is 0.795 bits per heavy atom. The van der Waals surface area contributed by atoms with Crippen molar-refractivity contribution in [3.8, 4) is 34.4 Å². The van der Waals surface area contributed by atoms with Gasteiger partial charge in [-0.05, 0) is 121 Å². The van der Waals surface area contributed by atoms with Gasteiger partial charge in [0, 0.05) is 22.3 Å². The van der Waals surface area contributed by atoms with E-state index in [1.807, 2.05) is 36.4 Å². The molecule has 13 rings (SSSR count). The molecule has 0 spiro atoms. The van der Waals surface area contributed by atoms with Crippen LogP contribution in [0.15, 0.2) is 255 Å². The second-order valence-electron chi connectivity index (χ2n) is 20.9. The lowest BCUT2D eigenvalue weighted by atomic mass is 9.62. The van der Waals surface area contributed by atoms with E-state index in [4.69, 9.17) is 0 Å². The summed E-state index contributed by atoms with van der Waals surface area (Å²) in [5.41, 5.74) is 22.6. The summed E-state index contributed by atoms with van der Waals surface area (Å²) in [5, 5.41) is 22.3. The summed E-state index contributed by atoms with van der Waals surface area (Å²) < 4.78 is 0. The predicted octanol–water partition coefficient (Wildman–Crippen LogP) is 18.3. The summed E-state index contributed by atoms with van der Waals surface area (Å²) in [6.45, 7) is 8.72. The zero-order valence-corrected chi connectivity index (χ0v) is 44.0. The van der Waals surface area contributed by atoms with Gasteiger partial charge in [0.15, 0.2) is 0 Å². The molecule has 370 valence electrons. The fourth-order valence-corrected chi connectivity index (χ4v) is 13.0. The summed E-state index contributed by atoms with van der Waals surface area (Å²) in [6, 6.07) is 96.9. The highest BCUT2D eigenvalue weighted by Gasteiger charge is 2.49. The van der Waals surface area contributed by atoms with Crippen LogP contribution in [-0.2, 0) is 10.8 Å². The minimum Gasteiger partial charge on any atom is -0.309 e. The first-order valence-electron chi connectivity index (χ1n) is 26.7. The van der Waals surface area contributed by atoms with Gasteiger partial charge in [0.2, 0.25) is 0 Å². The van der Waals surface area contributed by atoms with E-state index in [0.29, 0.717) is 11.1 Å². The lowest BCUT2D eigenvalue weighted by molar-refractivity contribution is 0.729. The molecule has 0 fully saturated rings. The van der Waals surface area contributed by atoms with Crippen molar-refractivity contribution in [3.05, 3.63) is 333 Å². The predicted molar refractivity (Wildman–Crippen MR) is 319 cm³/mol. The summed E-state index contributed by atoms with van der Waals surface area (Å²) in [4.78, 5) is 4.86. The maximum Gasteiger partial charge on any atom is 0.0998 e. The molecule has 4 nitrogen and oxygen atoms in total. The van der Waals surface area contributed by atoms with E-state index in [9.17, 15) is 10.5 Å². The fourth-order valence-electron chi connectivity index (χ4n) is 13.0. The molecule has 0 saturated heterocycles. The number of anilines is 6. The van der Waals surface area contributed by atoms with Crippen LogP contribution in [0.5, 0.6) is 0 Å². The van der Waals surface area contributed by atoms with Crippen molar-refractivity contribution in [2.75, 3.05) is 9.80 Å². The summed E-state index contributed by atoms with van der Waals surface area (Å²) in [5.74, 6) is 0. The molecule has 11 aromatic carbocycles. The first kappa shape index (κ1) is 47.7. The molecule has 0 N–H and O–H groups in total. The van der Waals surface area contributed by atoms with Crippen LogP contribution >= 0.6 is 0 Å². The zero-order chi connectivity index (χ0) is 53.1. The Kier molecular flexibility index (Phi) is 11.6. The van der Waals surface area contributed by atoms with Crippen molar-refractivity contribution >= 4 is 34.1 Å². The third kappa shape index (κ3) is 7.26. The van der Waals surface area contributed by atoms with Crippen LogP contribution in [0.3, 0.4) is 0 Å². The van der Waals surface area contributed by atoms with Crippen molar-refractivity contribution < 1.29 is 0 Å². The van der Waals surface area contributed by atoms with Gasteiger partial charge < -0.3 is 9.80 Å². The lowest BCUT2D eigenvalue weighted by Gasteiger charge is -2.48. The number of benzene rings is 11. The normalized spacial score (nSPS) is 13.5. The average molecular weight is 999 g/mol. The highest BCUT2D eigenvalue weighted by atomic mass is 15.2. The SMILES string of the molecule is Cc1ccc2c(c1)C(c1ccccc1)(c1ccccc1)c1cc(C)ccc1N2c1cc(-c2ccccc2C#N)c(N2c3ccc(C)cc3C(c3ccccc3)(c3ccccc3)c3cc(C)ccc32)cc1-c1ccccc1C#N. The molecule has 0 atom stereocenters. The van der Waals surface area contributed by atoms with Gasteiger partial charge in [-0.2, -0.15) is 10.5 Å². The van der Waals surface area contributed by atoms with Crippen LogP contribution in [0.2, 0.25) is 0 Å². The number of nitriles is 2. The van der Waals surface area contributed by atoms with Crippen molar-refractivity contribution in [3.63, 3.8) is 0 Å².